The Morgan fingerprint density at radius 1 is 1.12 bits per heavy atom. The van der Waals surface area contributed by atoms with E-state index < -0.39 is 0 Å². The zero-order valence-corrected chi connectivity index (χ0v) is 14.7. The Hall–Kier alpha value is -2.60. The Morgan fingerprint density at radius 3 is 2.64 bits per heavy atom. The molecule has 0 saturated heterocycles. The van der Waals surface area contributed by atoms with Crippen LogP contribution in [0.5, 0.6) is 5.75 Å². The normalized spacial score (nSPS) is 10.3. The van der Waals surface area contributed by atoms with Crippen molar-refractivity contribution in [3.05, 3.63) is 53.9 Å². The standard InChI is InChI=1S/C19H25N3O3/c1-24-13-3-10-20-16-9-12-21-18(14-16)19(23)22-11-8-15-4-6-17(25-2)7-5-15/h4-7,9,12,14H,3,8,10-11,13H2,1-2H3,(H,20,21)(H,22,23). The van der Waals surface area contributed by atoms with E-state index in [1.54, 1.807) is 26.5 Å². The first-order valence-corrected chi connectivity index (χ1v) is 8.33. The number of rotatable bonds is 10. The maximum absolute atomic E-state index is 12.2. The van der Waals surface area contributed by atoms with Crippen molar-refractivity contribution in [2.75, 3.05) is 39.2 Å². The molecule has 0 spiro atoms. The van der Waals surface area contributed by atoms with Crippen molar-refractivity contribution in [3.63, 3.8) is 0 Å². The summed E-state index contributed by atoms with van der Waals surface area (Å²) in [6, 6.07) is 11.4. The lowest BCUT2D eigenvalue weighted by Crippen LogP contribution is -2.26. The minimum Gasteiger partial charge on any atom is -0.497 e. The van der Waals surface area contributed by atoms with Crippen molar-refractivity contribution in [1.29, 1.82) is 0 Å². The van der Waals surface area contributed by atoms with Gasteiger partial charge in [-0.1, -0.05) is 12.1 Å². The van der Waals surface area contributed by atoms with Gasteiger partial charge in [-0.15, -0.1) is 0 Å². The Bertz CT molecular complexity index is 659. The van der Waals surface area contributed by atoms with Gasteiger partial charge < -0.3 is 20.1 Å². The lowest BCUT2D eigenvalue weighted by molar-refractivity contribution is 0.0949. The minimum absolute atomic E-state index is 0.172. The third kappa shape index (κ3) is 6.43. The molecule has 6 heteroatoms. The largest absolute Gasteiger partial charge is 0.497 e. The molecule has 2 rings (SSSR count). The van der Waals surface area contributed by atoms with Crippen LogP contribution in [-0.2, 0) is 11.2 Å². The summed E-state index contributed by atoms with van der Waals surface area (Å²) in [4.78, 5) is 16.4. The van der Waals surface area contributed by atoms with Gasteiger partial charge in [-0.2, -0.15) is 0 Å². The second-order valence-electron chi connectivity index (χ2n) is 5.56. The number of nitrogens with zero attached hydrogens (tertiary/aromatic N) is 1. The number of nitrogens with one attached hydrogen (secondary N) is 2. The van der Waals surface area contributed by atoms with Gasteiger partial charge in [-0.05, 0) is 42.7 Å². The van der Waals surface area contributed by atoms with E-state index >= 15 is 0 Å². The zero-order chi connectivity index (χ0) is 17.9. The van der Waals surface area contributed by atoms with E-state index in [0.717, 1.165) is 36.4 Å². The number of carbonyl (C=O) groups excluding carboxylic acids is 1. The molecule has 0 fully saturated rings. The number of amides is 1. The van der Waals surface area contributed by atoms with Crippen molar-refractivity contribution >= 4 is 11.6 Å². The fraction of sp³-hybridized carbons (Fsp3) is 0.368. The molecule has 1 amide bonds. The summed E-state index contributed by atoms with van der Waals surface area (Å²) in [6.07, 6.45) is 3.30. The molecule has 0 radical (unpaired) electrons. The van der Waals surface area contributed by atoms with Crippen LogP contribution in [0, 0.1) is 0 Å². The van der Waals surface area contributed by atoms with Crippen LogP contribution in [0.1, 0.15) is 22.5 Å². The van der Waals surface area contributed by atoms with Gasteiger partial charge in [0.15, 0.2) is 0 Å². The molecule has 134 valence electrons. The van der Waals surface area contributed by atoms with Crippen LogP contribution in [0.4, 0.5) is 5.69 Å². The molecular formula is C19H25N3O3. The zero-order valence-electron chi connectivity index (χ0n) is 14.7. The number of aromatic nitrogens is 1. The smallest absolute Gasteiger partial charge is 0.269 e. The van der Waals surface area contributed by atoms with Crippen molar-refractivity contribution in [3.8, 4) is 5.75 Å². The van der Waals surface area contributed by atoms with Gasteiger partial charge in [-0.3, -0.25) is 9.78 Å². The summed E-state index contributed by atoms with van der Waals surface area (Å²) >= 11 is 0. The first-order valence-electron chi connectivity index (χ1n) is 8.33. The molecular weight excluding hydrogens is 318 g/mol. The average Bonchev–Trinajstić information content (AvgIpc) is 2.66. The van der Waals surface area contributed by atoms with Crippen LogP contribution in [-0.4, -0.2) is 44.8 Å². The van der Waals surface area contributed by atoms with E-state index in [9.17, 15) is 4.79 Å². The Morgan fingerprint density at radius 2 is 1.92 bits per heavy atom. The maximum Gasteiger partial charge on any atom is 0.269 e. The van der Waals surface area contributed by atoms with Crippen LogP contribution in [0.3, 0.4) is 0 Å². The number of hydrogen-bond donors (Lipinski definition) is 2. The van der Waals surface area contributed by atoms with Crippen molar-refractivity contribution in [2.45, 2.75) is 12.8 Å². The van der Waals surface area contributed by atoms with E-state index in [2.05, 4.69) is 15.6 Å². The quantitative estimate of drug-likeness (QED) is 0.649. The van der Waals surface area contributed by atoms with Crippen LogP contribution in [0.15, 0.2) is 42.6 Å². The average molecular weight is 343 g/mol. The summed E-state index contributed by atoms with van der Waals surface area (Å²) in [5.74, 6) is 0.654. The third-order valence-corrected chi connectivity index (χ3v) is 3.71. The summed E-state index contributed by atoms with van der Waals surface area (Å²) < 4.78 is 10.1. The molecule has 2 aromatic rings. The van der Waals surface area contributed by atoms with E-state index in [4.69, 9.17) is 9.47 Å². The molecule has 2 N–H and O–H groups in total. The predicted octanol–water partition coefficient (Wildman–Crippen LogP) is 2.51. The van der Waals surface area contributed by atoms with E-state index in [0.29, 0.717) is 18.8 Å². The Balaban J connectivity index is 1.79. The topological polar surface area (TPSA) is 72.5 Å². The maximum atomic E-state index is 12.2. The number of hydrogen-bond acceptors (Lipinski definition) is 5. The Labute approximate surface area is 148 Å². The molecule has 25 heavy (non-hydrogen) atoms. The predicted molar refractivity (Wildman–Crippen MR) is 98.3 cm³/mol. The molecule has 0 aliphatic rings. The van der Waals surface area contributed by atoms with Gasteiger partial charge in [0.1, 0.15) is 11.4 Å². The fourth-order valence-corrected chi connectivity index (χ4v) is 2.32. The molecule has 1 aromatic carbocycles. The number of methoxy groups -OCH3 is 2. The van der Waals surface area contributed by atoms with E-state index in [1.807, 2.05) is 30.3 Å². The van der Waals surface area contributed by atoms with Gasteiger partial charge in [0.05, 0.1) is 7.11 Å². The fourth-order valence-electron chi connectivity index (χ4n) is 2.32. The monoisotopic (exact) mass is 343 g/mol. The van der Waals surface area contributed by atoms with Crippen molar-refractivity contribution < 1.29 is 14.3 Å². The third-order valence-electron chi connectivity index (χ3n) is 3.71. The van der Waals surface area contributed by atoms with Crippen LogP contribution >= 0.6 is 0 Å². The molecule has 1 heterocycles. The highest BCUT2D eigenvalue weighted by atomic mass is 16.5. The number of pyridine rings is 1. The second kappa shape index (κ2) is 10.3. The molecule has 0 aliphatic heterocycles. The van der Waals surface area contributed by atoms with E-state index in [-0.39, 0.29) is 5.91 Å². The molecule has 0 bridgehead atoms. The molecule has 0 atom stereocenters. The van der Waals surface area contributed by atoms with Crippen LogP contribution in [0.25, 0.3) is 0 Å². The summed E-state index contributed by atoms with van der Waals surface area (Å²) in [5, 5.41) is 6.15. The highest BCUT2D eigenvalue weighted by molar-refractivity contribution is 5.93. The highest BCUT2D eigenvalue weighted by Gasteiger charge is 2.07. The molecule has 6 nitrogen and oxygen atoms in total. The number of anilines is 1. The summed E-state index contributed by atoms with van der Waals surface area (Å²) in [6.45, 7) is 2.05. The highest BCUT2D eigenvalue weighted by Crippen LogP contribution is 2.11. The van der Waals surface area contributed by atoms with Gasteiger partial charge >= 0.3 is 0 Å². The van der Waals surface area contributed by atoms with Crippen molar-refractivity contribution in [1.82, 2.24) is 10.3 Å². The second-order valence-corrected chi connectivity index (χ2v) is 5.56. The summed E-state index contributed by atoms with van der Waals surface area (Å²) in [7, 11) is 3.32. The number of carbonyl (C=O) groups is 1. The molecule has 0 unspecified atom stereocenters. The van der Waals surface area contributed by atoms with Gasteiger partial charge in [-0.25, -0.2) is 0 Å². The number of benzene rings is 1. The first-order chi connectivity index (χ1) is 12.2. The van der Waals surface area contributed by atoms with Crippen LogP contribution < -0.4 is 15.4 Å². The van der Waals surface area contributed by atoms with Gasteiger partial charge in [0, 0.05) is 38.7 Å². The van der Waals surface area contributed by atoms with E-state index in [1.165, 1.54) is 0 Å². The molecule has 0 aliphatic carbocycles. The molecule has 1 aromatic heterocycles. The van der Waals surface area contributed by atoms with Gasteiger partial charge in [0.25, 0.3) is 5.91 Å². The number of ether oxygens (including phenoxy) is 2. The van der Waals surface area contributed by atoms with Crippen molar-refractivity contribution in [2.24, 2.45) is 0 Å². The Kier molecular flexibility index (Phi) is 7.72. The lowest BCUT2D eigenvalue weighted by atomic mass is 10.1. The lowest BCUT2D eigenvalue weighted by Gasteiger charge is -2.09. The SMILES string of the molecule is COCCCNc1ccnc(C(=O)NCCc2ccc(OC)cc2)c1. The molecule has 0 saturated carbocycles. The van der Waals surface area contributed by atoms with Crippen LogP contribution in [0.2, 0.25) is 0 Å². The minimum atomic E-state index is -0.172. The van der Waals surface area contributed by atoms with Gasteiger partial charge in [0.2, 0.25) is 0 Å². The summed E-state index contributed by atoms with van der Waals surface area (Å²) in [5.41, 5.74) is 2.43. The first kappa shape index (κ1) is 18.7.